The van der Waals surface area contributed by atoms with E-state index in [-0.39, 0.29) is 24.1 Å². The van der Waals surface area contributed by atoms with Crippen molar-refractivity contribution in [3.05, 3.63) is 51.8 Å². The van der Waals surface area contributed by atoms with Crippen LogP contribution in [-0.4, -0.2) is 39.6 Å². The van der Waals surface area contributed by atoms with Crippen LogP contribution in [0.3, 0.4) is 0 Å². The molecule has 1 fully saturated rings. The van der Waals surface area contributed by atoms with E-state index in [1.54, 1.807) is 13.8 Å². The number of aryl methyl sites for hydroxylation is 1. The Kier molecular flexibility index (Phi) is 5.39. The molecule has 1 saturated heterocycles. The monoisotopic (exact) mass is 395 g/mol. The molecular weight excluding hydrogens is 375 g/mol. The van der Waals surface area contributed by atoms with E-state index in [4.69, 9.17) is 0 Å². The summed E-state index contributed by atoms with van der Waals surface area (Å²) < 4.78 is 39.1. The Morgan fingerprint density at radius 3 is 2.68 bits per heavy atom. The van der Waals surface area contributed by atoms with E-state index in [9.17, 15) is 22.8 Å². The van der Waals surface area contributed by atoms with Gasteiger partial charge in [-0.15, -0.1) is 0 Å². The van der Waals surface area contributed by atoms with Crippen molar-refractivity contribution in [1.29, 1.82) is 0 Å². The predicted molar refractivity (Wildman–Crippen MR) is 96.0 cm³/mol. The van der Waals surface area contributed by atoms with Crippen LogP contribution in [0.15, 0.2) is 29.5 Å². The standard InChI is InChI=1S/C18H20F3N5O2/c1-11-12(2)23-10-26(17(11)28)9-16(27)24-14-5-6-25(8-14)15-4-3-13(7-22-15)18(19,20)21/h3-4,7,10,14H,5-6,8-9H2,1-2H3,(H,24,27). The Morgan fingerprint density at radius 1 is 1.29 bits per heavy atom. The van der Waals surface area contributed by atoms with Crippen LogP contribution >= 0.6 is 0 Å². The van der Waals surface area contributed by atoms with Gasteiger partial charge >= 0.3 is 6.18 Å². The first-order chi connectivity index (χ1) is 13.1. The number of carbonyl (C=O) groups is 1. The van der Waals surface area contributed by atoms with Crippen LogP contribution in [0.2, 0.25) is 0 Å². The van der Waals surface area contributed by atoms with Crippen molar-refractivity contribution in [3.63, 3.8) is 0 Å². The number of nitrogens with zero attached hydrogens (tertiary/aromatic N) is 4. The van der Waals surface area contributed by atoms with Crippen molar-refractivity contribution >= 4 is 11.7 Å². The van der Waals surface area contributed by atoms with Gasteiger partial charge in [0.15, 0.2) is 0 Å². The summed E-state index contributed by atoms with van der Waals surface area (Å²) in [6.45, 7) is 4.25. The molecule has 3 heterocycles. The minimum absolute atomic E-state index is 0.137. The maximum atomic E-state index is 12.6. The number of halogens is 3. The number of rotatable bonds is 4. The molecule has 1 amide bonds. The lowest BCUT2D eigenvalue weighted by Crippen LogP contribution is -2.40. The number of pyridine rings is 1. The van der Waals surface area contributed by atoms with E-state index < -0.39 is 11.7 Å². The molecule has 1 atom stereocenters. The number of alkyl halides is 3. The average Bonchev–Trinajstić information content (AvgIpc) is 3.10. The topological polar surface area (TPSA) is 80.1 Å². The number of hydrogen-bond acceptors (Lipinski definition) is 5. The molecular formula is C18H20F3N5O2. The molecule has 150 valence electrons. The normalized spacial score (nSPS) is 17.0. The zero-order valence-electron chi connectivity index (χ0n) is 15.5. The zero-order chi connectivity index (χ0) is 20.5. The second-order valence-corrected chi connectivity index (χ2v) is 6.79. The highest BCUT2D eigenvalue weighted by Crippen LogP contribution is 2.29. The Labute approximate surface area is 159 Å². The second-order valence-electron chi connectivity index (χ2n) is 6.79. The van der Waals surface area contributed by atoms with Gasteiger partial charge in [-0.1, -0.05) is 0 Å². The molecule has 0 aliphatic carbocycles. The Balaban J connectivity index is 1.58. The lowest BCUT2D eigenvalue weighted by atomic mass is 10.2. The largest absolute Gasteiger partial charge is 0.417 e. The summed E-state index contributed by atoms with van der Waals surface area (Å²) in [5.74, 6) is 0.110. The fraction of sp³-hybridized carbons (Fsp3) is 0.444. The summed E-state index contributed by atoms with van der Waals surface area (Å²) >= 11 is 0. The lowest BCUT2D eigenvalue weighted by Gasteiger charge is -2.18. The van der Waals surface area contributed by atoms with Gasteiger partial charge in [-0.05, 0) is 32.4 Å². The molecule has 28 heavy (non-hydrogen) atoms. The number of carbonyl (C=O) groups excluding carboxylic acids is 1. The van der Waals surface area contributed by atoms with Gasteiger partial charge in [-0.2, -0.15) is 13.2 Å². The first kappa shape index (κ1) is 19.8. The molecule has 2 aromatic heterocycles. The minimum Gasteiger partial charge on any atom is -0.354 e. The maximum absolute atomic E-state index is 12.6. The molecule has 1 N–H and O–H groups in total. The molecule has 0 aromatic carbocycles. The van der Waals surface area contributed by atoms with Crippen LogP contribution < -0.4 is 15.8 Å². The van der Waals surface area contributed by atoms with Crippen LogP contribution in [0, 0.1) is 13.8 Å². The van der Waals surface area contributed by atoms with Gasteiger partial charge in [0.05, 0.1) is 11.9 Å². The number of aromatic nitrogens is 3. The van der Waals surface area contributed by atoms with Crippen molar-refractivity contribution in [2.75, 3.05) is 18.0 Å². The van der Waals surface area contributed by atoms with Crippen molar-refractivity contribution in [2.45, 2.75) is 39.0 Å². The van der Waals surface area contributed by atoms with Gasteiger partial charge in [-0.3, -0.25) is 14.2 Å². The van der Waals surface area contributed by atoms with Gasteiger partial charge in [0.2, 0.25) is 5.91 Å². The highest BCUT2D eigenvalue weighted by Gasteiger charge is 2.31. The zero-order valence-corrected chi connectivity index (χ0v) is 15.5. The first-order valence-corrected chi connectivity index (χ1v) is 8.75. The smallest absolute Gasteiger partial charge is 0.354 e. The third-order valence-electron chi connectivity index (χ3n) is 4.78. The van der Waals surface area contributed by atoms with Crippen molar-refractivity contribution < 1.29 is 18.0 Å². The molecule has 0 radical (unpaired) electrons. The van der Waals surface area contributed by atoms with Crippen LogP contribution in [0.25, 0.3) is 0 Å². The number of anilines is 1. The van der Waals surface area contributed by atoms with Gasteiger partial charge in [0, 0.05) is 36.6 Å². The molecule has 0 spiro atoms. The molecule has 3 rings (SSSR count). The van der Waals surface area contributed by atoms with Gasteiger partial charge in [0.1, 0.15) is 12.4 Å². The second kappa shape index (κ2) is 7.61. The lowest BCUT2D eigenvalue weighted by molar-refractivity contribution is -0.137. The average molecular weight is 395 g/mol. The van der Waals surface area contributed by atoms with Gasteiger partial charge in [0.25, 0.3) is 5.56 Å². The van der Waals surface area contributed by atoms with E-state index in [0.717, 1.165) is 12.3 Å². The van der Waals surface area contributed by atoms with E-state index in [0.29, 0.717) is 36.6 Å². The first-order valence-electron chi connectivity index (χ1n) is 8.75. The molecule has 0 saturated carbocycles. The van der Waals surface area contributed by atoms with E-state index in [1.807, 2.05) is 4.90 Å². The fourth-order valence-corrected chi connectivity index (χ4v) is 3.04. The van der Waals surface area contributed by atoms with E-state index >= 15 is 0 Å². The SMILES string of the molecule is Cc1ncn(CC(=O)NC2CCN(c3ccc(C(F)(F)F)cn3)C2)c(=O)c1C. The van der Waals surface area contributed by atoms with Crippen molar-refractivity contribution in [2.24, 2.45) is 0 Å². The number of nitrogens with one attached hydrogen (secondary N) is 1. The quantitative estimate of drug-likeness (QED) is 0.852. The van der Waals surface area contributed by atoms with Crippen LogP contribution in [0.4, 0.5) is 19.0 Å². The highest BCUT2D eigenvalue weighted by molar-refractivity contribution is 5.76. The number of hydrogen-bond donors (Lipinski definition) is 1. The molecule has 7 nitrogen and oxygen atoms in total. The summed E-state index contributed by atoms with van der Waals surface area (Å²) in [6, 6.07) is 2.15. The van der Waals surface area contributed by atoms with Crippen molar-refractivity contribution in [3.8, 4) is 0 Å². The summed E-state index contributed by atoms with van der Waals surface area (Å²) in [4.78, 5) is 34.2. The van der Waals surface area contributed by atoms with E-state index in [2.05, 4.69) is 15.3 Å². The van der Waals surface area contributed by atoms with Crippen LogP contribution in [0.5, 0.6) is 0 Å². The van der Waals surface area contributed by atoms with Crippen LogP contribution in [-0.2, 0) is 17.5 Å². The summed E-state index contributed by atoms with van der Waals surface area (Å²) in [5, 5.41) is 2.85. The predicted octanol–water partition coefficient (Wildman–Crippen LogP) is 1.67. The highest BCUT2D eigenvalue weighted by atomic mass is 19.4. The van der Waals surface area contributed by atoms with Crippen LogP contribution in [0.1, 0.15) is 23.2 Å². The molecule has 2 aromatic rings. The Morgan fingerprint density at radius 2 is 2.04 bits per heavy atom. The molecule has 1 aliphatic rings. The Bertz CT molecular complexity index is 924. The molecule has 1 aliphatic heterocycles. The molecule has 0 bridgehead atoms. The summed E-state index contributed by atoms with van der Waals surface area (Å²) in [5.41, 5.74) is 0.0604. The number of amides is 1. The minimum atomic E-state index is -4.42. The Hall–Kier alpha value is -2.91. The maximum Gasteiger partial charge on any atom is 0.417 e. The summed E-state index contributed by atoms with van der Waals surface area (Å²) in [6.07, 6.45) is -1.64. The van der Waals surface area contributed by atoms with Crippen molar-refractivity contribution in [1.82, 2.24) is 19.9 Å². The third kappa shape index (κ3) is 4.32. The van der Waals surface area contributed by atoms with E-state index in [1.165, 1.54) is 17.0 Å². The van der Waals surface area contributed by atoms with Gasteiger partial charge < -0.3 is 10.2 Å². The molecule has 1 unspecified atom stereocenters. The third-order valence-corrected chi connectivity index (χ3v) is 4.78. The fourth-order valence-electron chi connectivity index (χ4n) is 3.04. The summed E-state index contributed by atoms with van der Waals surface area (Å²) in [7, 11) is 0. The van der Waals surface area contributed by atoms with Gasteiger partial charge in [-0.25, -0.2) is 9.97 Å². The molecule has 10 heteroatoms.